The van der Waals surface area contributed by atoms with Crippen LogP contribution in [0, 0.1) is 0 Å². The van der Waals surface area contributed by atoms with Gasteiger partial charge in [-0.2, -0.15) is 0 Å². The largest absolute Gasteiger partial charge is 0.358 e. The van der Waals surface area contributed by atoms with Gasteiger partial charge in [-0.15, -0.1) is 24.8 Å². The van der Waals surface area contributed by atoms with E-state index in [9.17, 15) is 4.79 Å². The van der Waals surface area contributed by atoms with Crippen molar-refractivity contribution < 1.29 is 4.79 Å². The highest BCUT2D eigenvalue weighted by atomic mass is 35.5. The topological polar surface area (TPSA) is 67.2 Å². The fourth-order valence-electron chi connectivity index (χ4n) is 0.181. The molecule has 0 bridgehead atoms. The molecule has 0 aliphatic carbocycles. The van der Waals surface area contributed by atoms with Crippen LogP contribution in [0.4, 0.5) is 0 Å². The van der Waals surface area contributed by atoms with Crippen LogP contribution < -0.4 is 16.6 Å². The number of hydrogen-bond acceptors (Lipinski definition) is 3. The molecule has 4 nitrogen and oxygen atoms in total. The zero-order valence-corrected chi connectivity index (χ0v) is 6.64. The minimum Gasteiger partial charge on any atom is -0.358 e. The van der Waals surface area contributed by atoms with Gasteiger partial charge >= 0.3 is 0 Å². The zero-order valence-electron chi connectivity index (χ0n) is 5.01. The van der Waals surface area contributed by atoms with Crippen LogP contribution >= 0.6 is 24.8 Å². The molecule has 0 aliphatic rings. The van der Waals surface area contributed by atoms with Gasteiger partial charge in [0, 0.05) is 7.05 Å². The Morgan fingerprint density at radius 3 is 2.11 bits per heavy atom. The van der Waals surface area contributed by atoms with Crippen LogP contribution in [-0.4, -0.2) is 19.5 Å². The second kappa shape index (κ2) is 10.9. The van der Waals surface area contributed by atoms with Crippen molar-refractivity contribution in [2.75, 3.05) is 13.6 Å². The standard InChI is InChI=1S/C3H9N3O.2ClH/c1-5-3(7)2-6-4;;/h6H,2,4H2,1H3,(H,5,7);2*1H. The monoisotopic (exact) mass is 175 g/mol. The minimum atomic E-state index is -0.109. The van der Waals surface area contributed by atoms with Gasteiger partial charge < -0.3 is 5.32 Å². The summed E-state index contributed by atoms with van der Waals surface area (Å²) >= 11 is 0. The molecular formula is C3H11Cl2N3O. The number of carbonyl (C=O) groups is 1. The lowest BCUT2D eigenvalue weighted by atomic mass is 10.6. The van der Waals surface area contributed by atoms with Crippen LogP contribution in [-0.2, 0) is 4.79 Å². The molecule has 58 valence electrons. The van der Waals surface area contributed by atoms with Crippen molar-refractivity contribution >= 4 is 30.7 Å². The van der Waals surface area contributed by atoms with Crippen LogP contribution in [0.25, 0.3) is 0 Å². The maximum absolute atomic E-state index is 10.2. The minimum absolute atomic E-state index is 0. The molecule has 0 spiro atoms. The number of nitrogens with two attached hydrogens (primary N) is 1. The van der Waals surface area contributed by atoms with Gasteiger partial charge in [0.25, 0.3) is 0 Å². The van der Waals surface area contributed by atoms with E-state index in [1.807, 2.05) is 0 Å². The van der Waals surface area contributed by atoms with Crippen LogP contribution in [0.1, 0.15) is 0 Å². The van der Waals surface area contributed by atoms with Crippen molar-refractivity contribution in [3.8, 4) is 0 Å². The molecule has 9 heavy (non-hydrogen) atoms. The maximum Gasteiger partial charge on any atom is 0.235 e. The normalized spacial score (nSPS) is 6.44. The number of hydrogen-bond donors (Lipinski definition) is 3. The molecule has 1 amide bonds. The lowest BCUT2D eigenvalue weighted by molar-refractivity contribution is -0.119. The highest BCUT2D eigenvalue weighted by Gasteiger charge is 1.89. The summed E-state index contributed by atoms with van der Waals surface area (Å²) in [6.45, 7) is 0.177. The van der Waals surface area contributed by atoms with E-state index in [0.717, 1.165) is 0 Å². The molecule has 0 aromatic heterocycles. The second-order valence-corrected chi connectivity index (χ2v) is 1.05. The summed E-state index contributed by atoms with van der Waals surface area (Å²) in [6, 6.07) is 0. The van der Waals surface area contributed by atoms with E-state index >= 15 is 0 Å². The van der Waals surface area contributed by atoms with Gasteiger partial charge in [-0.1, -0.05) is 0 Å². The van der Waals surface area contributed by atoms with E-state index < -0.39 is 0 Å². The molecule has 6 heteroatoms. The van der Waals surface area contributed by atoms with Crippen LogP contribution in [0.3, 0.4) is 0 Å². The molecule has 4 N–H and O–H groups in total. The highest BCUT2D eigenvalue weighted by molar-refractivity contribution is 5.85. The fourth-order valence-corrected chi connectivity index (χ4v) is 0.181. The number of likely N-dealkylation sites (N-methyl/N-ethyl adjacent to an activating group) is 1. The molecule has 0 fully saturated rings. The molecule has 0 unspecified atom stereocenters. The maximum atomic E-state index is 10.2. The summed E-state index contributed by atoms with van der Waals surface area (Å²) in [4.78, 5) is 10.2. The van der Waals surface area contributed by atoms with Crippen molar-refractivity contribution in [3.05, 3.63) is 0 Å². The quantitative estimate of drug-likeness (QED) is 0.375. The summed E-state index contributed by atoms with van der Waals surface area (Å²) < 4.78 is 0. The number of nitrogens with one attached hydrogen (secondary N) is 2. The summed E-state index contributed by atoms with van der Waals surface area (Å²) in [6.07, 6.45) is 0. The lowest BCUT2D eigenvalue weighted by Gasteiger charge is -1.93. The van der Waals surface area contributed by atoms with Crippen molar-refractivity contribution in [1.82, 2.24) is 10.7 Å². The van der Waals surface area contributed by atoms with E-state index in [-0.39, 0.29) is 37.3 Å². The van der Waals surface area contributed by atoms with E-state index in [2.05, 4.69) is 10.7 Å². The average molecular weight is 176 g/mol. The molecule has 0 radical (unpaired) electrons. The predicted octanol–water partition coefficient (Wildman–Crippen LogP) is -0.961. The van der Waals surface area contributed by atoms with Crippen LogP contribution in [0.2, 0.25) is 0 Å². The fraction of sp³-hybridized carbons (Fsp3) is 0.667. The van der Waals surface area contributed by atoms with E-state index in [4.69, 9.17) is 5.84 Å². The van der Waals surface area contributed by atoms with Crippen molar-refractivity contribution in [3.63, 3.8) is 0 Å². The second-order valence-electron chi connectivity index (χ2n) is 1.05. The first kappa shape index (κ1) is 16.0. The first-order valence-electron chi connectivity index (χ1n) is 1.95. The van der Waals surface area contributed by atoms with Crippen molar-refractivity contribution in [1.29, 1.82) is 0 Å². The molecule has 0 heterocycles. The number of rotatable bonds is 2. The third-order valence-electron chi connectivity index (χ3n) is 0.541. The smallest absolute Gasteiger partial charge is 0.235 e. The molecular weight excluding hydrogens is 165 g/mol. The molecule has 0 rings (SSSR count). The van der Waals surface area contributed by atoms with Crippen molar-refractivity contribution in [2.24, 2.45) is 5.84 Å². The van der Waals surface area contributed by atoms with E-state index in [0.29, 0.717) is 0 Å². The average Bonchev–Trinajstić information content (AvgIpc) is 1.68. The summed E-state index contributed by atoms with van der Waals surface area (Å²) in [5.74, 6) is 4.69. The molecule has 0 aromatic rings. The zero-order chi connectivity index (χ0) is 5.70. The molecule has 0 saturated heterocycles. The van der Waals surface area contributed by atoms with E-state index in [1.165, 1.54) is 0 Å². The van der Waals surface area contributed by atoms with Gasteiger partial charge in [-0.25, -0.2) is 0 Å². The first-order chi connectivity index (χ1) is 3.31. The highest BCUT2D eigenvalue weighted by Crippen LogP contribution is 1.51. The number of carbonyl (C=O) groups excluding carboxylic acids is 1. The molecule has 0 saturated carbocycles. The lowest BCUT2D eigenvalue weighted by Crippen LogP contribution is -2.35. The number of amides is 1. The Balaban J connectivity index is -0.000000180. The Hall–Kier alpha value is -0.0300. The third kappa shape index (κ3) is 11.5. The van der Waals surface area contributed by atoms with Gasteiger partial charge in [0.1, 0.15) is 0 Å². The van der Waals surface area contributed by atoms with Gasteiger partial charge in [0.2, 0.25) is 5.91 Å². The van der Waals surface area contributed by atoms with Gasteiger partial charge in [-0.3, -0.25) is 16.1 Å². The summed E-state index contributed by atoms with van der Waals surface area (Å²) in [5, 5.41) is 2.38. The molecule has 0 aromatic carbocycles. The number of halogens is 2. The van der Waals surface area contributed by atoms with Gasteiger partial charge in [0.15, 0.2) is 0 Å². The number of hydrazine groups is 1. The van der Waals surface area contributed by atoms with Gasteiger partial charge in [0.05, 0.1) is 6.54 Å². The Labute approximate surface area is 66.3 Å². The molecule has 0 atom stereocenters. The summed E-state index contributed by atoms with van der Waals surface area (Å²) in [5.41, 5.74) is 2.21. The summed E-state index contributed by atoms with van der Waals surface area (Å²) in [7, 11) is 1.56. The molecule has 0 aliphatic heterocycles. The van der Waals surface area contributed by atoms with Gasteiger partial charge in [-0.05, 0) is 0 Å². The predicted molar refractivity (Wildman–Crippen MR) is 40.8 cm³/mol. The Morgan fingerprint density at radius 1 is 1.56 bits per heavy atom. The Kier molecular flexibility index (Phi) is 19.3. The Bertz CT molecular complexity index is 70.1. The van der Waals surface area contributed by atoms with Crippen LogP contribution in [0.5, 0.6) is 0 Å². The van der Waals surface area contributed by atoms with Crippen molar-refractivity contribution in [2.45, 2.75) is 0 Å². The van der Waals surface area contributed by atoms with E-state index in [1.54, 1.807) is 7.05 Å². The van der Waals surface area contributed by atoms with Crippen LogP contribution in [0.15, 0.2) is 0 Å². The first-order valence-corrected chi connectivity index (χ1v) is 1.95. The SMILES string of the molecule is CNC(=O)CNN.Cl.Cl. The third-order valence-corrected chi connectivity index (χ3v) is 0.541. The Morgan fingerprint density at radius 2 is 2.00 bits per heavy atom.